The van der Waals surface area contributed by atoms with Crippen LogP contribution in [0.1, 0.15) is 21.5 Å². The number of carbonyl (C=O) groups is 2. The molecule has 12 heteroatoms. The molecule has 6 nitrogen and oxygen atoms in total. The van der Waals surface area contributed by atoms with Gasteiger partial charge >= 0.3 is 12.2 Å². The first-order chi connectivity index (χ1) is 15.5. The molecule has 0 bridgehead atoms. The van der Waals surface area contributed by atoms with Crippen molar-refractivity contribution in [1.29, 1.82) is 0 Å². The van der Waals surface area contributed by atoms with E-state index < -0.39 is 40.9 Å². The van der Waals surface area contributed by atoms with Gasteiger partial charge in [-0.15, -0.1) is 0 Å². The summed E-state index contributed by atoms with van der Waals surface area (Å²) in [7, 11) is 0. The number of hydrogen-bond acceptors (Lipinski definition) is 4. The second-order valence-electron chi connectivity index (χ2n) is 6.59. The lowest BCUT2D eigenvalue weighted by molar-refractivity contribution is -0.137. The molecule has 3 aromatic rings. The van der Waals surface area contributed by atoms with Crippen molar-refractivity contribution in [2.45, 2.75) is 13.1 Å². The van der Waals surface area contributed by atoms with E-state index in [2.05, 4.69) is 10.3 Å². The summed E-state index contributed by atoms with van der Waals surface area (Å²) in [6.45, 7) is 1.56. The summed E-state index contributed by atoms with van der Waals surface area (Å²) in [5.74, 6) is -3.65. The maximum atomic E-state index is 13.7. The number of imide groups is 1. The van der Waals surface area contributed by atoms with Crippen molar-refractivity contribution in [3.63, 3.8) is 0 Å². The second-order valence-corrected chi connectivity index (χ2v) is 7.00. The third kappa shape index (κ3) is 5.75. The van der Waals surface area contributed by atoms with Gasteiger partial charge in [-0.2, -0.15) is 13.2 Å². The van der Waals surface area contributed by atoms with Gasteiger partial charge in [0.1, 0.15) is 28.0 Å². The van der Waals surface area contributed by atoms with E-state index in [1.165, 1.54) is 18.2 Å². The predicted molar refractivity (Wildman–Crippen MR) is 108 cm³/mol. The van der Waals surface area contributed by atoms with Gasteiger partial charge in [0, 0.05) is 11.9 Å². The molecule has 2 N–H and O–H groups in total. The van der Waals surface area contributed by atoms with Crippen LogP contribution >= 0.6 is 11.6 Å². The Morgan fingerprint density at radius 3 is 2.30 bits per heavy atom. The van der Waals surface area contributed by atoms with Crippen molar-refractivity contribution >= 4 is 29.2 Å². The molecule has 2 aromatic carbocycles. The first-order valence-electron chi connectivity index (χ1n) is 9.03. The maximum Gasteiger partial charge on any atom is 0.417 e. The second kappa shape index (κ2) is 9.41. The highest BCUT2D eigenvalue weighted by Crippen LogP contribution is 2.35. The largest absolute Gasteiger partial charge is 0.438 e. The van der Waals surface area contributed by atoms with E-state index in [9.17, 15) is 31.5 Å². The van der Waals surface area contributed by atoms with Gasteiger partial charge in [-0.05, 0) is 48.9 Å². The molecular formula is C21H13ClF5N3O3. The number of aromatic nitrogens is 1. The summed E-state index contributed by atoms with van der Waals surface area (Å²) in [5, 5.41) is 3.79. The van der Waals surface area contributed by atoms with Gasteiger partial charge < -0.3 is 10.1 Å². The number of nitrogens with one attached hydrogen (secondary N) is 2. The quantitative estimate of drug-likeness (QED) is 0.438. The lowest BCUT2D eigenvalue weighted by Gasteiger charge is -2.13. The molecular weight excluding hydrogens is 473 g/mol. The van der Waals surface area contributed by atoms with Gasteiger partial charge in [0.25, 0.3) is 5.91 Å². The van der Waals surface area contributed by atoms with Crippen molar-refractivity contribution in [3.8, 4) is 11.6 Å². The number of pyridine rings is 1. The van der Waals surface area contributed by atoms with Crippen LogP contribution in [0.2, 0.25) is 5.02 Å². The number of urea groups is 1. The Morgan fingerprint density at radius 1 is 1.06 bits per heavy atom. The van der Waals surface area contributed by atoms with Crippen LogP contribution in [0, 0.1) is 18.6 Å². The van der Waals surface area contributed by atoms with Crippen LogP contribution in [0.4, 0.5) is 32.4 Å². The molecule has 0 unspecified atom stereocenters. The Bertz CT molecular complexity index is 1210. The molecule has 0 spiro atoms. The lowest BCUT2D eigenvalue weighted by atomic mass is 10.2. The lowest BCUT2D eigenvalue weighted by Crippen LogP contribution is -2.35. The van der Waals surface area contributed by atoms with Crippen LogP contribution in [-0.2, 0) is 6.18 Å². The van der Waals surface area contributed by atoms with Crippen molar-refractivity contribution in [2.75, 3.05) is 5.32 Å². The van der Waals surface area contributed by atoms with Crippen LogP contribution in [0.3, 0.4) is 0 Å². The molecule has 0 saturated carbocycles. The molecule has 1 aromatic heterocycles. The van der Waals surface area contributed by atoms with Gasteiger partial charge in [0.15, 0.2) is 0 Å². The Balaban J connectivity index is 1.68. The highest BCUT2D eigenvalue weighted by Gasteiger charge is 2.31. The van der Waals surface area contributed by atoms with E-state index in [0.717, 1.165) is 18.2 Å². The third-order valence-corrected chi connectivity index (χ3v) is 4.48. The van der Waals surface area contributed by atoms with Crippen molar-refractivity contribution in [2.24, 2.45) is 0 Å². The number of benzene rings is 2. The topological polar surface area (TPSA) is 80.3 Å². The number of rotatable bonds is 4. The van der Waals surface area contributed by atoms with E-state index >= 15 is 0 Å². The van der Waals surface area contributed by atoms with Crippen molar-refractivity contribution in [3.05, 3.63) is 82.0 Å². The molecule has 0 atom stereocenters. The Kier molecular flexibility index (Phi) is 6.82. The van der Waals surface area contributed by atoms with Crippen molar-refractivity contribution < 1.29 is 36.3 Å². The summed E-state index contributed by atoms with van der Waals surface area (Å²) in [6.07, 6.45) is -4.04. The first-order valence-corrected chi connectivity index (χ1v) is 9.41. The molecule has 3 amide bonds. The van der Waals surface area contributed by atoms with E-state index in [0.29, 0.717) is 17.8 Å². The van der Waals surface area contributed by atoms with Crippen LogP contribution in [-0.4, -0.2) is 16.9 Å². The van der Waals surface area contributed by atoms with Crippen molar-refractivity contribution in [1.82, 2.24) is 10.3 Å². The highest BCUT2D eigenvalue weighted by molar-refractivity contribution is 6.31. The Hall–Kier alpha value is -3.73. The molecule has 0 saturated heterocycles. The standard InChI is InChI=1S/C21H13ClF5N3O3/c1-10-7-12(33-19-13(22)8-11(9-28-19)21(25,26)27)5-6-16(10)29-20(32)30-18(31)17-14(23)3-2-4-15(17)24/h2-9H,1H3,(H2,29,30,31,32). The zero-order valence-electron chi connectivity index (χ0n) is 16.6. The van der Waals surface area contributed by atoms with E-state index in [-0.39, 0.29) is 22.3 Å². The number of anilines is 1. The highest BCUT2D eigenvalue weighted by atomic mass is 35.5. The fraction of sp³-hybridized carbons (Fsp3) is 0.0952. The minimum Gasteiger partial charge on any atom is -0.438 e. The number of carbonyl (C=O) groups excluding carboxylic acids is 2. The zero-order valence-corrected chi connectivity index (χ0v) is 17.3. The fourth-order valence-electron chi connectivity index (χ4n) is 2.64. The monoisotopic (exact) mass is 485 g/mol. The molecule has 0 aliphatic rings. The molecule has 0 radical (unpaired) electrons. The molecule has 0 fully saturated rings. The normalized spacial score (nSPS) is 11.1. The number of nitrogens with zero attached hydrogens (tertiary/aromatic N) is 1. The zero-order chi connectivity index (χ0) is 24.3. The smallest absolute Gasteiger partial charge is 0.417 e. The van der Waals surface area contributed by atoms with Crippen LogP contribution < -0.4 is 15.4 Å². The first kappa shape index (κ1) is 23.9. The number of alkyl halides is 3. The van der Waals surface area contributed by atoms with Gasteiger partial charge in [0.05, 0.1) is 5.56 Å². The predicted octanol–water partition coefficient (Wildman–Crippen LogP) is 6.09. The summed E-state index contributed by atoms with van der Waals surface area (Å²) in [5.41, 5.74) is -1.30. The SMILES string of the molecule is Cc1cc(Oc2ncc(C(F)(F)F)cc2Cl)ccc1NC(=O)NC(=O)c1c(F)cccc1F. The van der Waals surface area contributed by atoms with Gasteiger partial charge in [0.2, 0.25) is 5.88 Å². The minimum absolute atomic E-state index is 0.150. The molecule has 1 heterocycles. The van der Waals surface area contributed by atoms with Crippen LogP contribution in [0.15, 0.2) is 48.7 Å². The van der Waals surface area contributed by atoms with E-state index in [1.807, 2.05) is 5.32 Å². The third-order valence-electron chi connectivity index (χ3n) is 4.21. The summed E-state index contributed by atoms with van der Waals surface area (Å²) in [6, 6.07) is 6.59. The number of aryl methyl sites for hydroxylation is 1. The summed E-state index contributed by atoms with van der Waals surface area (Å²) < 4.78 is 70.8. The van der Waals surface area contributed by atoms with Gasteiger partial charge in [-0.1, -0.05) is 17.7 Å². The maximum absolute atomic E-state index is 13.7. The van der Waals surface area contributed by atoms with Gasteiger partial charge in [-0.25, -0.2) is 18.6 Å². The molecule has 172 valence electrons. The average molecular weight is 486 g/mol. The van der Waals surface area contributed by atoms with E-state index in [4.69, 9.17) is 16.3 Å². The summed E-state index contributed by atoms with van der Waals surface area (Å²) in [4.78, 5) is 27.6. The molecule has 0 aliphatic heterocycles. The van der Waals surface area contributed by atoms with Crippen LogP contribution in [0.25, 0.3) is 0 Å². The van der Waals surface area contributed by atoms with Gasteiger partial charge in [-0.3, -0.25) is 10.1 Å². The Morgan fingerprint density at radius 2 is 1.73 bits per heavy atom. The number of amides is 3. The fourth-order valence-corrected chi connectivity index (χ4v) is 2.85. The molecule has 33 heavy (non-hydrogen) atoms. The number of halogens is 6. The average Bonchev–Trinajstić information content (AvgIpc) is 2.70. The van der Waals surface area contributed by atoms with Crippen LogP contribution in [0.5, 0.6) is 11.6 Å². The number of ether oxygens (including phenoxy) is 1. The summed E-state index contributed by atoms with van der Waals surface area (Å²) >= 11 is 5.81. The minimum atomic E-state index is -4.61. The van der Waals surface area contributed by atoms with E-state index in [1.54, 1.807) is 6.92 Å². The molecule has 3 rings (SSSR count). The Labute approximate surface area is 188 Å². The number of hydrogen-bond donors (Lipinski definition) is 2. The molecule has 0 aliphatic carbocycles.